The van der Waals surface area contributed by atoms with Gasteiger partial charge in [0.05, 0.1) is 18.3 Å². The number of aliphatic imine (C=N–C) groups is 1. The molecule has 0 saturated heterocycles. The number of carbonyl (C=O) groups is 1. The van der Waals surface area contributed by atoms with Crippen molar-refractivity contribution in [1.29, 1.82) is 0 Å². The molecule has 1 aliphatic heterocycles. The summed E-state index contributed by atoms with van der Waals surface area (Å²) in [6, 6.07) is -0.904. The molecule has 1 amide bonds. The zero-order valence-corrected chi connectivity index (χ0v) is 6.93. The Balaban J connectivity index is 2.82. The molecule has 0 fully saturated rings. The maximum atomic E-state index is 12.3. The smallest absolute Gasteiger partial charge is 0.317 e. The van der Waals surface area contributed by atoms with Gasteiger partial charge in [0.2, 0.25) is 5.91 Å². The molecule has 6 heteroatoms. The summed E-state index contributed by atoms with van der Waals surface area (Å²) in [5.74, 6) is -2.32. The normalized spacial score (nSPS) is 29.7. The Morgan fingerprint density at radius 2 is 2.23 bits per heavy atom. The van der Waals surface area contributed by atoms with Gasteiger partial charge in [0.25, 0.3) is 0 Å². The third kappa shape index (κ3) is 2.43. The lowest BCUT2D eigenvalue weighted by Gasteiger charge is -2.20. The van der Waals surface area contributed by atoms with E-state index >= 15 is 0 Å². The zero-order chi connectivity index (χ0) is 10.1. The largest absolute Gasteiger partial charge is 0.394 e. The maximum absolute atomic E-state index is 12.3. The quantitative estimate of drug-likeness (QED) is 0.616. The monoisotopic (exact) mass is 194 g/mol. The Morgan fingerprint density at radius 1 is 1.62 bits per heavy atom. The van der Waals surface area contributed by atoms with E-state index in [0.717, 1.165) is 6.34 Å². The standard InChI is InChI=1S/C7H9F3N2O/c1-4-5(7(8,9)10)2-6(13)12-3-11-4/h3-5H,2H2,1H3,(H,11,12,13)/t4-,5?/m0/s1. The Hall–Kier alpha value is -1.07. The van der Waals surface area contributed by atoms with Gasteiger partial charge in [0.15, 0.2) is 0 Å². The summed E-state index contributed by atoms with van der Waals surface area (Å²) in [4.78, 5) is 14.3. The van der Waals surface area contributed by atoms with Crippen LogP contribution in [0.4, 0.5) is 13.2 Å². The van der Waals surface area contributed by atoms with E-state index in [0.29, 0.717) is 0 Å². The number of nitrogens with zero attached hydrogens (tertiary/aromatic N) is 1. The first-order chi connectivity index (χ1) is 5.91. The minimum absolute atomic E-state index is 0.551. The highest BCUT2D eigenvalue weighted by Crippen LogP contribution is 2.33. The van der Waals surface area contributed by atoms with Crippen LogP contribution >= 0.6 is 0 Å². The highest BCUT2D eigenvalue weighted by atomic mass is 19.4. The van der Waals surface area contributed by atoms with Crippen LogP contribution in [0.2, 0.25) is 0 Å². The van der Waals surface area contributed by atoms with Crippen LogP contribution in [-0.4, -0.2) is 24.5 Å². The van der Waals surface area contributed by atoms with Crippen molar-refractivity contribution in [3.63, 3.8) is 0 Å². The number of nitrogens with one attached hydrogen (secondary N) is 1. The molecule has 1 unspecified atom stereocenters. The van der Waals surface area contributed by atoms with Crippen molar-refractivity contribution in [1.82, 2.24) is 5.32 Å². The van der Waals surface area contributed by atoms with Gasteiger partial charge in [0, 0.05) is 6.42 Å². The van der Waals surface area contributed by atoms with Gasteiger partial charge in [-0.25, -0.2) is 0 Å². The fourth-order valence-electron chi connectivity index (χ4n) is 1.15. The van der Waals surface area contributed by atoms with E-state index in [9.17, 15) is 18.0 Å². The van der Waals surface area contributed by atoms with Crippen LogP contribution < -0.4 is 5.32 Å². The topological polar surface area (TPSA) is 41.5 Å². The number of hydrogen-bond donors (Lipinski definition) is 1. The zero-order valence-electron chi connectivity index (χ0n) is 6.93. The van der Waals surface area contributed by atoms with Gasteiger partial charge in [-0.3, -0.25) is 9.79 Å². The van der Waals surface area contributed by atoms with Crippen LogP contribution in [0.15, 0.2) is 4.99 Å². The second-order valence-electron chi connectivity index (χ2n) is 2.94. The number of amides is 1. The number of hydrogen-bond acceptors (Lipinski definition) is 2. The molecular formula is C7H9F3N2O. The molecule has 74 valence electrons. The maximum Gasteiger partial charge on any atom is 0.394 e. The fraction of sp³-hybridized carbons (Fsp3) is 0.714. The van der Waals surface area contributed by atoms with Crippen molar-refractivity contribution in [2.45, 2.75) is 25.6 Å². The summed E-state index contributed by atoms with van der Waals surface area (Å²) < 4.78 is 36.9. The lowest BCUT2D eigenvalue weighted by Crippen LogP contribution is -2.33. The summed E-state index contributed by atoms with van der Waals surface area (Å²) in [6.45, 7) is 1.34. The number of carbonyl (C=O) groups excluding carboxylic acids is 1. The van der Waals surface area contributed by atoms with Gasteiger partial charge in [-0.15, -0.1) is 0 Å². The third-order valence-electron chi connectivity index (χ3n) is 1.94. The van der Waals surface area contributed by atoms with Gasteiger partial charge < -0.3 is 5.32 Å². The molecule has 0 spiro atoms. The molecule has 0 saturated carbocycles. The molecule has 13 heavy (non-hydrogen) atoms. The molecule has 0 aliphatic carbocycles. The van der Waals surface area contributed by atoms with Gasteiger partial charge in [-0.2, -0.15) is 13.2 Å². The van der Waals surface area contributed by atoms with Crippen molar-refractivity contribution < 1.29 is 18.0 Å². The van der Waals surface area contributed by atoms with Gasteiger partial charge >= 0.3 is 6.18 Å². The van der Waals surface area contributed by atoms with Crippen LogP contribution in [0.5, 0.6) is 0 Å². The predicted molar refractivity (Wildman–Crippen MR) is 40.3 cm³/mol. The van der Waals surface area contributed by atoms with E-state index < -0.39 is 30.5 Å². The minimum Gasteiger partial charge on any atom is -0.317 e. The van der Waals surface area contributed by atoms with Gasteiger partial charge in [-0.05, 0) is 6.92 Å². The predicted octanol–water partition coefficient (Wildman–Crippen LogP) is 1.10. The third-order valence-corrected chi connectivity index (χ3v) is 1.94. The molecule has 0 aromatic rings. The molecule has 1 N–H and O–H groups in total. The summed E-state index contributed by atoms with van der Waals surface area (Å²) in [6.07, 6.45) is -3.89. The first-order valence-corrected chi connectivity index (χ1v) is 3.79. The number of halogens is 3. The number of alkyl halides is 3. The molecule has 1 heterocycles. The highest BCUT2D eigenvalue weighted by Gasteiger charge is 2.44. The minimum atomic E-state index is -4.36. The van der Waals surface area contributed by atoms with Crippen LogP contribution in [-0.2, 0) is 4.79 Å². The Labute approximate surface area is 73.0 Å². The average Bonchev–Trinajstić information content (AvgIpc) is 2.11. The van der Waals surface area contributed by atoms with E-state index in [1.807, 2.05) is 0 Å². The summed E-state index contributed by atoms with van der Waals surface area (Å²) >= 11 is 0. The molecule has 0 radical (unpaired) electrons. The van der Waals surface area contributed by atoms with Crippen LogP contribution in [0.3, 0.4) is 0 Å². The van der Waals surface area contributed by atoms with Crippen molar-refractivity contribution >= 4 is 12.2 Å². The van der Waals surface area contributed by atoms with Crippen molar-refractivity contribution in [2.75, 3.05) is 0 Å². The van der Waals surface area contributed by atoms with Crippen molar-refractivity contribution in [2.24, 2.45) is 10.9 Å². The van der Waals surface area contributed by atoms with Gasteiger partial charge in [-0.1, -0.05) is 0 Å². The van der Waals surface area contributed by atoms with E-state index in [2.05, 4.69) is 10.3 Å². The second kappa shape index (κ2) is 3.35. The molecule has 0 bridgehead atoms. The summed E-state index contributed by atoms with van der Waals surface area (Å²) in [5.41, 5.74) is 0. The lowest BCUT2D eigenvalue weighted by atomic mass is 9.97. The first-order valence-electron chi connectivity index (χ1n) is 3.79. The highest BCUT2D eigenvalue weighted by molar-refractivity contribution is 5.88. The lowest BCUT2D eigenvalue weighted by molar-refractivity contribution is -0.182. The van der Waals surface area contributed by atoms with E-state index in [-0.39, 0.29) is 0 Å². The fourth-order valence-corrected chi connectivity index (χ4v) is 1.15. The second-order valence-corrected chi connectivity index (χ2v) is 2.94. The molecule has 1 rings (SSSR count). The van der Waals surface area contributed by atoms with Crippen molar-refractivity contribution in [3.8, 4) is 0 Å². The molecule has 0 aromatic heterocycles. The Kier molecular flexibility index (Phi) is 2.58. The molecule has 2 atom stereocenters. The molecule has 3 nitrogen and oxygen atoms in total. The first kappa shape index (κ1) is 10.0. The Bertz CT molecular complexity index is 236. The molecule has 1 aliphatic rings. The van der Waals surface area contributed by atoms with Crippen molar-refractivity contribution in [3.05, 3.63) is 0 Å². The number of rotatable bonds is 0. The van der Waals surface area contributed by atoms with Gasteiger partial charge in [0.1, 0.15) is 0 Å². The average molecular weight is 194 g/mol. The van der Waals surface area contributed by atoms with Crippen LogP contribution in [0, 0.1) is 5.92 Å². The summed E-state index contributed by atoms with van der Waals surface area (Å²) in [7, 11) is 0. The molecule has 0 aromatic carbocycles. The van der Waals surface area contributed by atoms with Crippen LogP contribution in [0.1, 0.15) is 13.3 Å². The Morgan fingerprint density at radius 3 is 2.77 bits per heavy atom. The molecular weight excluding hydrogens is 185 g/mol. The van der Waals surface area contributed by atoms with E-state index in [1.54, 1.807) is 0 Å². The SMILES string of the molecule is C[C@@H]1N=CNC(=O)CC1C(F)(F)F. The van der Waals surface area contributed by atoms with E-state index in [1.165, 1.54) is 6.92 Å². The summed E-state index contributed by atoms with van der Waals surface area (Å²) in [5, 5.41) is 2.15. The van der Waals surface area contributed by atoms with E-state index in [4.69, 9.17) is 0 Å². The van der Waals surface area contributed by atoms with Crippen LogP contribution in [0.25, 0.3) is 0 Å².